The molecule has 1 aliphatic rings. The SMILES string of the molecule is CC1C(N)CCN1c1ncc(Br)cc1C(F)(F)F. The number of halogens is 4. The monoisotopic (exact) mass is 323 g/mol. The Morgan fingerprint density at radius 2 is 2.17 bits per heavy atom. The second kappa shape index (κ2) is 4.70. The molecule has 0 aromatic carbocycles. The van der Waals surface area contributed by atoms with Gasteiger partial charge < -0.3 is 10.6 Å². The summed E-state index contributed by atoms with van der Waals surface area (Å²) < 4.78 is 39.3. The summed E-state index contributed by atoms with van der Waals surface area (Å²) >= 11 is 3.02. The summed E-state index contributed by atoms with van der Waals surface area (Å²) in [5.74, 6) is -0.0360. The zero-order valence-electron chi connectivity index (χ0n) is 9.71. The topological polar surface area (TPSA) is 42.1 Å². The Morgan fingerprint density at radius 3 is 2.67 bits per heavy atom. The highest BCUT2D eigenvalue weighted by Gasteiger charge is 2.39. The minimum Gasteiger partial charge on any atom is -0.352 e. The van der Waals surface area contributed by atoms with E-state index in [0.29, 0.717) is 17.4 Å². The molecule has 0 bridgehead atoms. The smallest absolute Gasteiger partial charge is 0.352 e. The van der Waals surface area contributed by atoms with Gasteiger partial charge in [-0.3, -0.25) is 0 Å². The second-order valence-corrected chi connectivity index (χ2v) is 5.32. The second-order valence-electron chi connectivity index (χ2n) is 4.41. The number of aromatic nitrogens is 1. The Hall–Kier alpha value is -0.820. The molecule has 0 saturated carbocycles. The highest BCUT2D eigenvalue weighted by Crippen LogP contribution is 2.38. The van der Waals surface area contributed by atoms with Crippen LogP contribution >= 0.6 is 15.9 Å². The molecule has 1 fully saturated rings. The molecule has 18 heavy (non-hydrogen) atoms. The van der Waals surface area contributed by atoms with Crippen LogP contribution in [0.1, 0.15) is 18.9 Å². The van der Waals surface area contributed by atoms with Gasteiger partial charge in [-0.15, -0.1) is 0 Å². The maximum absolute atomic E-state index is 13.0. The Labute approximate surface area is 111 Å². The highest BCUT2D eigenvalue weighted by atomic mass is 79.9. The van der Waals surface area contributed by atoms with Gasteiger partial charge in [-0.25, -0.2) is 4.98 Å². The number of nitrogens with zero attached hydrogens (tertiary/aromatic N) is 2. The standard InChI is InChI=1S/C11H13BrF3N3/c1-6-9(16)2-3-18(6)10-8(11(13,14)15)4-7(12)5-17-10/h4-6,9H,2-3,16H2,1H3. The molecule has 100 valence electrons. The largest absolute Gasteiger partial charge is 0.419 e. The molecule has 2 unspecified atom stereocenters. The summed E-state index contributed by atoms with van der Waals surface area (Å²) in [6, 6.07) is 0.801. The third-order valence-corrected chi connectivity index (χ3v) is 3.66. The minimum absolute atomic E-state index is 0.0360. The first-order valence-electron chi connectivity index (χ1n) is 5.55. The molecule has 2 atom stereocenters. The molecule has 7 heteroatoms. The molecule has 0 amide bonds. The number of nitrogens with two attached hydrogens (primary N) is 1. The molecule has 1 aliphatic heterocycles. The molecule has 0 spiro atoms. The summed E-state index contributed by atoms with van der Waals surface area (Å²) in [6.45, 7) is 2.32. The lowest BCUT2D eigenvalue weighted by molar-refractivity contribution is -0.137. The van der Waals surface area contributed by atoms with Gasteiger partial charge in [0.1, 0.15) is 5.82 Å². The van der Waals surface area contributed by atoms with Crippen molar-refractivity contribution in [2.45, 2.75) is 31.6 Å². The lowest BCUT2D eigenvalue weighted by Gasteiger charge is -2.27. The summed E-state index contributed by atoms with van der Waals surface area (Å²) in [5, 5.41) is 0. The molecule has 2 rings (SSSR count). The van der Waals surface area contributed by atoms with E-state index in [1.807, 2.05) is 6.92 Å². The van der Waals surface area contributed by atoms with Crippen LogP contribution in [-0.4, -0.2) is 23.6 Å². The van der Waals surface area contributed by atoms with E-state index in [0.717, 1.165) is 6.07 Å². The van der Waals surface area contributed by atoms with Crippen LogP contribution in [0.4, 0.5) is 19.0 Å². The first-order chi connectivity index (χ1) is 8.30. The van der Waals surface area contributed by atoms with E-state index < -0.39 is 11.7 Å². The van der Waals surface area contributed by atoms with E-state index in [2.05, 4.69) is 20.9 Å². The van der Waals surface area contributed by atoms with Gasteiger partial charge in [0.2, 0.25) is 0 Å². The van der Waals surface area contributed by atoms with Gasteiger partial charge in [-0.2, -0.15) is 13.2 Å². The van der Waals surface area contributed by atoms with Gasteiger partial charge >= 0.3 is 6.18 Å². The van der Waals surface area contributed by atoms with Crippen LogP contribution in [-0.2, 0) is 6.18 Å². The predicted molar refractivity (Wildman–Crippen MR) is 66.3 cm³/mol. The van der Waals surface area contributed by atoms with E-state index in [1.165, 1.54) is 6.20 Å². The van der Waals surface area contributed by atoms with Crippen LogP contribution in [0, 0.1) is 0 Å². The summed E-state index contributed by atoms with van der Waals surface area (Å²) in [6.07, 6.45) is -2.37. The minimum atomic E-state index is -4.42. The van der Waals surface area contributed by atoms with Gasteiger partial charge in [0, 0.05) is 29.3 Å². The number of rotatable bonds is 1. The van der Waals surface area contributed by atoms with Gasteiger partial charge in [-0.05, 0) is 35.3 Å². The molecule has 2 heterocycles. The fraction of sp³-hybridized carbons (Fsp3) is 0.545. The Balaban J connectivity index is 2.45. The van der Waals surface area contributed by atoms with Crippen molar-refractivity contribution in [2.24, 2.45) is 5.73 Å². The summed E-state index contributed by atoms with van der Waals surface area (Å²) in [5.41, 5.74) is 5.11. The van der Waals surface area contributed by atoms with E-state index >= 15 is 0 Å². The Bertz CT molecular complexity index is 450. The Kier molecular flexibility index (Phi) is 3.55. The molecule has 3 nitrogen and oxygen atoms in total. The lowest BCUT2D eigenvalue weighted by Crippen LogP contribution is -2.38. The fourth-order valence-corrected chi connectivity index (χ4v) is 2.46. The van der Waals surface area contributed by atoms with Crippen LogP contribution in [0.5, 0.6) is 0 Å². The molecular weight excluding hydrogens is 311 g/mol. The van der Waals surface area contributed by atoms with Crippen molar-refractivity contribution >= 4 is 21.7 Å². The molecule has 2 N–H and O–H groups in total. The first-order valence-corrected chi connectivity index (χ1v) is 6.35. The summed E-state index contributed by atoms with van der Waals surface area (Å²) in [4.78, 5) is 5.54. The number of anilines is 1. The van der Waals surface area contributed by atoms with Crippen LogP contribution in [0.15, 0.2) is 16.7 Å². The highest BCUT2D eigenvalue weighted by molar-refractivity contribution is 9.10. The van der Waals surface area contributed by atoms with E-state index in [9.17, 15) is 13.2 Å². The Morgan fingerprint density at radius 1 is 1.50 bits per heavy atom. The van der Waals surface area contributed by atoms with Crippen LogP contribution in [0.25, 0.3) is 0 Å². The molecule has 1 saturated heterocycles. The maximum Gasteiger partial charge on any atom is 0.419 e. The molecular formula is C11H13BrF3N3. The maximum atomic E-state index is 13.0. The third kappa shape index (κ3) is 2.47. The van der Waals surface area contributed by atoms with Crippen molar-refractivity contribution in [1.29, 1.82) is 0 Å². The molecule has 1 aromatic rings. The zero-order chi connectivity index (χ0) is 13.5. The third-order valence-electron chi connectivity index (χ3n) is 3.23. The summed E-state index contributed by atoms with van der Waals surface area (Å²) in [7, 11) is 0. The van der Waals surface area contributed by atoms with E-state index in [4.69, 9.17) is 5.73 Å². The molecule has 1 aromatic heterocycles. The normalized spacial score (nSPS) is 24.7. The van der Waals surface area contributed by atoms with Crippen LogP contribution in [0.3, 0.4) is 0 Å². The van der Waals surface area contributed by atoms with Crippen molar-refractivity contribution in [1.82, 2.24) is 4.98 Å². The zero-order valence-corrected chi connectivity index (χ0v) is 11.3. The number of hydrogen-bond acceptors (Lipinski definition) is 3. The van der Waals surface area contributed by atoms with E-state index in [1.54, 1.807) is 4.90 Å². The molecule has 0 aliphatic carbocycles. The quantitative estimate of drug-likeness (QED) is 0.864. The lowest BCUT2D eigenvalue weighted by atomic mass is 10.1. The van der Waals surface area contributed by atoms with Crippen molar-refractivity contribution in [3.8, 4) is 0 Å². The van der Waals surface area contributed by atoms with Gasteiger partial charge in [0.25, 0.3) is 0 Å². The number of hydrogen-bond donors (Lipinski definition) is 1. The predicted octanol–water partition coefficient (Wildman–Crippen LogP) is 2.79. The van der Waals surface area contributed by atoms with Crippen molar-refractivity contribution < 1.29 is 13.2 Å². The van der Waals surface area contributed by atoms with Crippen LogP contribution in [0.2, 0.25) is 0 Å². The average molecular weight is 324 g/mol. The van der Waals surface area contributed by atoms with E-state index in [-0.39, 0.29) is 17.9 Å². The fourth-order valence-electron chi connectivity index (χ4n) is 2.13. The van der Waals surface area contributed by atoms with Gasteiger partial charge in [-0.1, -0.05) is 0 Å². The average Bonchev–Trinajstić information content (AvgIpc) is 2.59. The number of alkyl halides is 3. The van der Waals surface area contributed by atoms with Gasteiger partial charge in [0.15, 0.2) is 0 Å². The molecule has 0 radical (unpaired) electrons. The first kappa shape index (κ1) is 13.6. The van der Waals surface area contributed by atoms with Crippen LogP contribution < -0.4 is 10.6 Å². The van der Waals surface area contributed by atoms with Gasteiger partial charge in [0.05, 0.1) is 5.56 Å². The van der Waals surface area contributed by atoms with Crippen molar-refractivity contribution in [3.05, 3.63) is 22.3 Å². The van der Waals surface area contributed by atoms with Crippen molar-refractivity contribution in [2.75, 3.05) is 11.4 Å². The number of pyridine rings is 1. The van der Waals surface area contributed by atoms with Crippen molar-refractivity contribution in [3.63, 3.8) is 0 Å².